The number of amides is 1. The lowest BCUT2D eigenvalue weighted by Gasteiger charge is -2.37. The molecule has 1 aliphatic heterocycles. The molecular formula is C18H25NO4. The van der Waals surface area contributed by atoms with Crippen LogP contribution in [0.1, 0.15) is 45.1 Å². The van der Waals surface area contributed by atoms with E-state index in [9.17, 15) is 14.7 Å². The molecule has 0 bridgehead atoms. The van der Waals surface area contributed by atoms with E-state index in [2.05, 4.69) is 13.8 Å². The third-order valence-electron chi connectivity index (χ3n) is 4.45. The maximum atomic E-state index is 12.3. The van der Waals surface area contributed by atoms with Crippen LogP contribution in [0.3, 0.4) is 0 Å². The molecule has 1 saturated heterocycles. The highest BCUT2D eigenvalue weighted by Gasteiger charge is 2.39. The number of aliphatic carboxylic acids is 1. The number of rotatable bonds is 5. The largest absolute Gasteiger partial charge is 0.484 e. The summed E-state index contributed by atoms with van der Waals surface area (Å²) in [6.45, 7) is 6.68. The minimum absolute atomic E-state index is 0.0583. The van der Waals surface area contributed by atoms with Crippen molar-refractivity contribution < 1.29 is 19.4 Å². The average Bonchev–Trinajstić information content (AvgIpc) is 2.52. The number of ether oxygens (including phenoxy) is 1. The third-order valence-corrected chi connectivity index (χ3v) is 4.45. The van der Waals surface area contributed by atoms with E-state index in [1.807, 2.05) is 24.3 Å². The summed E-state index contributed by atoms with van der Waals surface area (Å²) in [4.78, 5) is 25.3. The maximum Gasteiger partial charge on any atom is 0.311 e. The van der Waals surface area contributed by atoms with Crippen molar-refractivity contribution in [2.75, 3.05) is 19.7 Å². The first-order valence-corrected chi connectivity index (χ1v) is 8.06. The normalized spacial score (nSPS) is 21.3. The average molecular weight is 319 g/mol. The summed E-state index contributed by atoms with van der Waals surface area (Å²) in [6.07, 6.45) is 1.31. The van der Waals surface area contributed by atoms with E-state index in [4.69, 9.17) is 4.74 Å². The van der Waals surface area contributed by atoms with Crippen LogP contribution < -0.4 is 4.74 Å². The van der Waals surface area contributed by atoms with Crippen LogP contribution >= 0.6 is 0 Å². The van der Waals surface area contributed by atoms with Gasteiger partial charge < -0.3 is 14.7 Å². The molecule has 1 amide bonds. The van der Waals surface area contributed by atoms with E-state index >= 15 is 0 Å². The summed E-state index contributed by atoms with van der Waals surface area (Å²) >= 11 is 0. The van der Waals surface area contributed by atoms with Gasteiger partial charge >= 0.3 is 5.97 Å². The Morgan fingerprint density at radius 2 is 2.13 bits per heavy atom. The molecule has 1 aromatic carbocycles. The minimum atomic E-state index is -0.856. The van der Waals surface area contributed by atoms with Gasteiger partial charge in [0.2, 0.25) is 0 Å². The van der Waals surface area contributed by atoms with E-state index in [1.54, 1.807) is 11.8 Å². The molecule has 5 nitrogen and oxygen atoms in total. The number of piperidine rings is 1. The van der Waals surface area contributed by atoms with Crippen LogP contribution in [-0.2, 0) is 9.59 Å². The Bertz CT molecular complexity index is 584. The molecule has 23 heavy (non-hydrogen) atoms. The minimum Gasteiger partial charge on any atom is -0.484 e. The van der Waals surface area contributed by atoms with Gasteiger partial charge in [-0.1, -0.05) is 26.0 Å². The SMILES string of the molecule is CC(C)c1cccc(OCC(=O)N2CCCC(C)(C(=O)O)C2)c1. The van der Waals surface area contributed by atoms with Crippen LogP contribution in [0, 0.1) is 5.41 Å². The van der Waals surface area contributed by atoms with E-state index < -0.39 is 11.4 Å². The summed E-state index contributed by atoms with van der Waals surface area (Å²) in [6, 6.07) is 7.71. The molecule has 1 N–H and O–H groups in total. The number of benzene rings is 1. The van der Waals surface area contributed by atoms with Crippen LogP contribution in [0.2, 0.25) is 0 Å². The standard InChI is InChI=1S/C18H25NO4/c1-13(2)14-6-4-7-15(10-14)23-11-16(20)19-9-5-8-18(3,12-19)17(21)22/h4,6-7,10,13H,5,8-9,11-12H2,1-3H3,(H,21,22). The first-order chi connectivity index (χ1) is 10.8. The van der Waals surface area contributed by atoms with E-state index in [0.717, 1.165) is 5.56 Å². The Kier molecular flexibility index (Phi) is 5.29. The summed E-state index contributed by atoms with van der Waals surface area (Å²) in [5, 5.41) is 9.32. The van der Waals surface area contributed by atoms with Gasteiger partial charge in [-0.25, -0.2) is 0 Å². The highest BCUT2D eigenvalue weighted by Crippen LogP contribution is 2.29. The molecule has 1 aromatic rings. The van der Waals surface area contributed by atoms with Gasteiger partial charge in [0.1, 0.15) is 5.75 Å². The molecule has 126 valence electrons. The molecule has 0 spiro atoms. The highest BCUT2D eigenvalue weighted by atomic mass is 16.5. The molecular weight excluding hydrogens is 294 g/mol. The van der Waals surface area contributed by atoms with Gasteiger partial charge in [0.05, 0.1) is 5.41 Å². The second kappa shape index (κ2) is 7.02. The number of nitrogens with zero attached hydrogens (tertiary/aromatic N) is 1. The van der Waals surface area contributed by atoms with Crippen molar-refractivity contribution in [2.24, 2.45) is 5.41 Å². The fraction of sp³-hybridized carbons (Fsp3) is 0.556. The van der Waals surface area contributed by atoms with Crippen molar-refractivity contribution in [2.45, 2.75) is 39.5 Å². The van der Waals surface area contributed by atoms with Crippen LogP contribution in [0.5, 0.6) is 5.75 Å². The second-order valence-electron chi connectivity index (χ2n) is 6.80. The molecule has 1 atom stereocenters. The summed E-state index contributed by atoms with van der Waals surface area (Å²) in [5.74, 6) is 0.0582. The van der Waals surface area contributed by atoms with E-state index in [0.29, 0.717) is 31.1 Å². The van der Waals surface area contributed by atoms with Gasteiger partial charge in [0.25, 0.3) is 5.91 Å². The molecule has 0 aliphatic carbocycles. The Hall–Kier alpha value is -2.04. The van der Waals surface area contributed by atoms with Crippen molar-refractivity contribution in [3.8, 4) is 5.75 Å². The highest BCUT2D eigenvalue weighted by molar-refractivity contribution is 5.80. The van der Waals surface area contributed by atoms with Crippen LogP contribution in [0.25, 0.3) is 0 Å². The quantitative estimate of drug-likeness (QED) is 0.906. The number of carbonyl (C=O) groups is 2. The molecule has 0 saturated carbocycles. The monoisotopic (exact) mass is 319 g/mol. The van der Waals surface area contributed by atoms with Gasteiger partial charge in [-0.3, -0.25) is 9.59 Å². The topological polar surface area (TPSA) is 66.8 Å². The van der Waals surface area contributed by atoms with E-state index in [-0.39, 0.29) is 19.1 Å². The number of carbonyl (C=O) groups excluding carboxylic acids is 1. The first kappa shape index (κ1) is 17.3. The van der Waals surface area contributed by atoms with Crippen molar-refractivity contribution in [3.05, 3.63) is 29.8 Å². The Morgan fingerprint density at radius 3 is 2.78 bits per heavy atom. The van der Waals surface area contributed by atoms with Crippen molar-refractivity contribution >= 4 is 11.9 Å². The van der Waals surface area contributed by atoms with Gasteiger partial charge in [0.15, 0.2) is 6.61 Å². The zero-order valence-corrected chi connectivity index (χ0v) is 14.0. The number of hydrogen-bond donors (Lipinski definition) is 1. The van der Waals surface area contributed by atoms with Gasteiger partial charge in [-0.2, -0.15) is 0 Å². The molecule has 1 heterocycles. The Labute approximate surface area is 137 Å². The van der Waals surface area contributed by atoms with Crippen molar-refractivity contribution in [3.63, 3.8) is 0 Å². The second-order valence-corrected chi connectivity index (χ2v) is 6.80. The Morgan fingerprint density at radius 1 is 1.39 bits per heavy atom. The maximum absolute atomic E-state index is 12.3. The molecule has 1 aliphatic rings. The number of hydrogen-bond acceptors (Lipinski definition) is 3. The van der Waals surface area contributed by atoms with Crippen molar-refractivity contribution in [1.82, 2.24) is 4.90 Å². The molecule has 1 unspecified atom stereocenters. The number of carboxylic acids is 1. The summed E-state index contributed by atoms with van der Waals surface area (Å²) < 4.78 is 5.60. The lowest BCUT2D eigenvalue weighted by molar-refractivity contribution is -0.153. The van der Waals surface area contributed by atoms with Gasteiger partial charge in [-0.05, 0) is 43.4 Å². The third kappa shape index (κ3) is 4.24. The molecule has 2 rings (SSSR count). The van der Waals surface area contributed by atoms with Crippen molar-refractivity contribution in [1.29, 1.82) is 0 Å². The number of likely N-dealkylation sites (tertiary alicyclic amines) is 1. The van der Waals surface area contributed by atoms with Crippen LogP contribution in [0.4, 0.5) is 0 Å². The summed E-state index contributed by atoms with van der Waals surface area (Å²) in [7, 11) is 0. The lowest BCUT2D eigenvalue weighted by atomic mass is 9.82. The lowest BCUT2D eigenvalue weighted by Crippen LogP contribution is -2.49. The fourth-order valence-corrected chi connectivity index (χ4v) is 2.83. The molecule has 0 aromatic heterocycles. The molecule has 0 radical (unpaired) electrons. The Balaban J connectivity index is 1.94. The van der Waals surface area contributed by atoms with E-state index in [1.165, 1.54) is 0 Å². The number of carboxylic acid groups (broad SMARTS) is 1. The molecule has 1 fully saturated rings. The fourth-order valence-electron chi connectivity index (χ4n) is 2.83. The zero-order chi connectivity index (χ0) is 17.0. The van der Waals surface area contributed by atoms with Crippen LogP contribution in [-0.4, -0.2) is 41.6 Å². The predicted octanol–water partition coefficient (Wildman–Crippen LogP) is 2.90. The summed E-state index contributed by atoms with van der Waals surface area (Å²) in [5.41, 5.74) is 0.303. The molecule has 5 heteroatoms. The smallest absolute Gasteiger partial charge is 0.311 e. The van der Waals surface area contributed by atoms with Gasteiger partial charge in [-0.15, -0.1) is 0 Å². The van der Waals surface area contributed by atoms with Crippen LogP contribution in [0.15, 0.2) is 24.3 Å². The predicted molar refractivity (Wildman–Crippen MR) is 87.6 cm³/mol. The zero-order valence-electron chi connectivity index (χ0n) is 14.0. The first-order valence-electron chi connectivity index (χ1n) is 8.06. The van der Waals surface area contributed by atoms with Gasteiger partial charge in [0, 0.05) is 13.1 Å².